The molecule has 0 radical (unpaired) electrons. The molecule has 2 heterocycles. The van der Waals surface area contributed by atoms with Gasteiger partial charge in [-0.3, -0.25) is 4.98 Å². The van der Waals surface area contributed by atoms with E-state index in [0.29, 0.717) is 6.04 Å². The topological polar surface area (TPSA) is 34.1 Å². The van der Waals surface area contributed by atoms with Crippen LogP contribution in [0.5, 0.6) is 0 Å². The van der Waals surface area contributed by atoms with E-state index in [9.17, 15) is 0 Å². The molecule has 94 valence electrons. The van der Waals surface area contributed by atoms with E-state index in [1.807, 2.05) is 6.20 Å². The van der Waals surface area contributed by atoms with Crippen molar-refractivity contribution >= 4 is 10.9 Å². The van der Waals surface area contributed by atoms with Crippen LogP contribution in [0.4, 0.5) is 0 Å². The molecule has 3 nitrogen and oxygen atoms in total. The lowest BCUT2D eigenvalue weighted by atomic mass is 9.99. The zero-order chi connectivity index (χ0) is 12.4. The fourth-order valence-electron chi connectivity index (χ4n) is 2.56. The molecule has 1 saturated heterocycles. The fraction of sp³-hybridized carbons (Fsp3) is 0.400. The van der Waals surface area contributed by atoms with E-state index in [4.69, 9.17) is 4.74 Å². The van der Waals surface area contributed by atoms with Gasteiger partial charge in [0, 0.05) is 30.8 Å². The van der Waals surface area contributed by atoms with Gasteiger partial charge in [-0.2, -0.15) is 0 Å². The van der Waals surface area contributed by atoms with Crippen molar-refractivity contribution in [3.8, 4) is 0 Å². The van der Waals surface area contributed by atoms with E-state index in [1.54, 1.807) is 0 Å². The summed E-state index contributed by atoms with van der Waals surface area (Å²) in [6.07, 6.45) is 2.93. The fourth-order valence-corrected chi connectivity index (χ4v) is 2.56. The maximum atomic E-state index is 5.50. The Morgan fingerprint density at radius 1 is 1.28 bits per heavy atom. The van der Waals surface area contributed by atoms with Crippen LogP contribution in [-0.2, 0) is 4.74 Å². The Morgan fingerprint density at radius 2 is 2.22 bits per heavy atom. The first-order valence-corrected chi connectivity index (χ1v) is 6.51. The van der Waals surface area contributed by atoms with Crippen LogP contribution in [0, 0.1) is 6.92 Å². The summed E-state index contributed by atoms with van der Waals surface area (Å²) in [6, 6.07) is 8.98. The Morgan fingerprint density at radius 3 is 3.17 bits per heavy atom. The SMILES string of the molecule is Cc1ccc2c(C3CCOCCN3)ccnc2c1. The molecule has 0 spiro atoms. The Bertz CT molecular complexity index is 545. The van der Waals surface area contributed by atoms with Crippen molar-refractivity contribution in [1.82, 2.24) is 10.3 Å². The van der Waals surface area contributed by atoms with Crippen molar-refractivity contribution in [2.24, 2.45) is 0 Å². The number of fused-ring (bicyclic) bond motifs is 1. The predicted octanol–water partition coefficient (Wildman–Crippen LogP) is 2.59. The Kier molecular flexibility index (Phi) is 3.26. The van der Waals surface area contributed by atoms with Crippen molar-refractivity contribution in [3.05, 3.63) is 41.6 Å². The monoisotopic (exact) mass is 242 g/mol. The number of aryl methyl sites for hydroxylation is 1. The van der Waals surface area contributed by atoms with Gasteiger partial charge in [0.15, 0.2) is 0 Å². The summed E-state index contributed by atoms with van der Waals surface area (Å²) in [5.41, 5.74) is 3.68. The zero-order valence-corrected chi connectivity index (χ0v) is 10.6. The quantitative estimate of drug-likeness (QED) is 0.834. The summed E-state index contributed by atoms with van der Waals surface area (Å²) in [5, 5.41) is 4.80. The van der Waals surface area contributed by atoms with Crippen LogP contribution in [0.1, 0.15) is 23.6 Å². The van der Waals surface area contributed by atoms with E-state index in [1.165, 1.54) is 16.5 Å². The molecule has 0 amide bonds. The van der Waals surface area contributed by atoms with Crippen LogP contribution in [0.3, 0.4) is 0 Å². The highest BCUT2D eigenvalue weighted by molar-refractivity contribution is 5.83. The third-order valence-electron chi connectivity index (χ3n) is 3.50. The summed E-state index contributed by atoms with van der Waals surface area (Å²) < 4.78 is 5.50. The average Bonchev–Trinajstić information content (AvgIpc) is 2.66. The minimum Gasteiger partial charge on any atom is -0.380 e. The highest BCUT2D eigenvalue weighted by Crippen LogP contribution is 2.26. The maximum Gasteiger partial charge on any atom is 0.0707 e. The van der Waals surface area contributed by atoms with Crippen molar-refractivity contribution < 1.29 is 4.74 Å². The highest BCUT2D eigenvalue weighted by Gasteiger charge is 2.16. The lowest BCUT2D eigenvalue weighted by Crippen LogP contribution is -2.22. The zero-order valence-electron chi connectivity index (χ0n) is 10.6. The number of nitrogens with zero attached hydrogens (tertiary/aromatic N) is 1. The molecule has 0 aliphatic carbocycles. The minimum atomic E-state index is 0.376. The predicted molar refractivity (Wildman–Crippen MR) is 72.7 cm³/mol. The molecule has 2 aromatic rings. The van der Waals surface area contributed by atoms with Gasteiger partial charge in [0.1, 0.15) is 0 Å². The van der Waals surface area contributed by atoms with Crippen LogP contribution in [-0.4, -0.2) is 24.7 Å². The van der Waals surface area contributed by atoms with Gasteiger partial charge in [-0.05, 0) is 36.6 Å². The second-order valence-corrected chi connectivity index (χ2v) is 4.83. The highest BCUT2D eigenvalue weighted by atomic mass is 16.5. The number of nitrogens with one attached hydrogen (secondary N) is 1. The van der Waals surface area contributed by atoms with Crippen LogP contribution >= 0.6 is 0 Å². The molecule has 1 aromatic heterocycles. The number of ether oxygens (including phenoxy) is 1. The standard InChI is InChI=1S/C15H18N2O/c1-11-2-3-12-13(4-6-16-15(12)10-11)14-5-8-18-9-7-17-14/h2-4,6,10,14,17H,5,7-9H2,1H3. The van der Waals surface area contributed by atoms with Crippen LogP contribution in [0.15, 0.2) is 30.5 Å². The van der Waals surface area contributed by atoms with E-state index in [-0.39, 0.29) is 0 Å². The normalized spacial score (nSPS) is 20.8. The molecule has 1 aromatic carbocycles. The molecule has 1 aliphatic heterocycles. The molecule has 18 heavy (non-hydrogen) atoms. The molecule has 1 atom stereocenters. The number of aromatic nitrogens is 1. The van der Waals surface area contributed by atoms with Gasteiger partial charge in [-0.15, -0.1) is 0 Å². The van der Waals surface area contributed by atoms with Crippen LogP contribution in [0.25, 0.3) is 10.9 Å². The Labute approximate surface area is 107 Å². The lowest BCUT2D eigenvalue weighted by molar-refractivity contribution is 0.150. The second kappa shape index (κ2) is 5.04. The van der Waals surface area contributed by atoms with E-state index in [2.05, 4.69) is 41.5 Å². The Hall–Kier alpha value is -1.45. The first-order chi connectivity index (χ1) is 8.84. The first-order valence-electron chi connectivity index (χ1n) is 6.51. The number of pyridine rings is 1. The molecule has 1 N–H and O–H groups in total. The summed E-state index contributed by atoms with van der Waals surface area (Å²) in [6.45, 7) is 4.65. The van der Waals surface area contributed by atoms with Crippen LogP contribution < -0.4 is 5.32 Å². The van der Waals surface area contributed by atoms with Crippen molar-refractivity contribution in [2.75, 3.05) is 19.8 Å². The number of benzene rings is 1. The molecule has 1 aliphatic rings. The third-order valence-corrected chi connectivity index (χ3v) is 3.50. The van der Waals surface area contributed by atoms with Crippen molar-refractivity contribution in [3.63, 3.8) is 0 Å². The largest absolute Gasteiger partial charge is 0.380 e. The van der Waals surface area contributed by atoms with Gasteiger partial charge in [0.2, 0.25) is 0 Å². The van der Waals surface area contributed by atoms with Gasteiger partial charge < -0.3 is 10.1 Å². The maximum absolute atomic E-state index is 5.50. The molecule has 1 unspecified atom stereocenters. The van der Waals surface area contributed by atoms with Crippen molar-refractivity contribution in [1.29, 1.82) is 0 Å². The summed E-state index contributed by atoms with van der Waals surface area (Å²) in [4.78, 5) is 4.46. The average molecular weight is 242 g/mol. The van der Waals surface area contributed by atoms with Gasteiger partial charge in [-0.25, -0.2) is 0 Å². The molecular formula is C15H18N2O. The van der Waals surface area contributed by atoms with Gasteiger partial charge in [-0.1, -0.05) is 12.1 Å². The summed E-state index contributed by atoms with van der Waals surface area (Å²) in [7, 11) is 0. The second-order valence-electron chi connectivity index (χ2n) is 4.83. The summed E-state index contributed by atoms with van der Waals surface area (Å²) >= 11 is 0. The Balaban J connectivity index is 2.04. The first kappa shape index (κ1) is 11.6. The van der Waals surface area contributed by atoms with Gasteiger partial charge in [0.05, 0.1) is 12.1 Å². The van der Waals surface area contributed by atoms with Crippen LogP contribution in [0.2, 0.25) is 0 Å². The van der Waals surface area contributed by atoms with Gasteiger partial charge in [0.25, 0.3) is 0 Å². The number of hydrogen-bond acceptors (Lipinski definition) is 3. The molecule has 0 bridgehead atoms. The number of hydrogen-bond donors (Lipinski definition) is 1. The third kappa shape index (κ3) is 2.24. The van der Waals surface area contributed by atoms with Crippen molar-refractivity contribution in [2.45, 2.75) is 19.4 Å². The molecule has 3 rings (SSSR count). The lowest BCUT2D eigenvalue weighted by Gasteiger charge is -2.17. The summed E-state index contributed by atoms with van der Waals surface area (Å²) in [5.74, 6) is 0. The molecule has 0 saturated carbocycles. The molecule has 1 fully saturated rings. The molecule has 3 heteroatoms. The van der Waals surface area contributed by atoms with E-state index >= 15 is 0 Å². The minimum absolute atomic E-state index is 0.376. The van der Waals surface area contributed by atoms with Gasteiger partial charge >= 0.3 is 0 Å². The van der Waals surface area contributed by atoms with E-state index < -0.39 is 0 Å². The molecular weight excluding hydrogens is 224 g/mol. The smallest absolute Gasteiger partial charge is 0.0707 e. The number of rotatable bonds is 1. The van der Waals surface area contributed by atoms with E-state index in [0.717, 1.165) is 31.7 Å².